The van der Waals surface area contributed by atoms with Gasteiger partial charge < -0.3 is 18.9 Å². The molecule has 1 unspecified atom stereocenters. The van der Waals surface area contributed by atoms with Crippen molar-refractivity contribution >= 4 is 11.9 Å². The lowest BCUT2D eigenvalue weighted by molar-refractivity contribution is -0.180. The van der Waals surface area contributed by atoms with Gasteiger partial charge in [0.05, 0.1) is 12.0 Å². The molecule has 172 valence electrons. The summed E-state index contributed by atoms with van der Waals surface area (Å²) in [6.45, 7) is 3.41. The van der Waals surface area contributed by atoms with Gasteiger partial charge >= 0.3 is 17.6 Å². The van der Waals surface area contributed by atoms with Crippen molar-refractivity contribution in [1.29, 1.82) is 0 Å². The van der Waals surface area contributed by atoms with Gasteiger partial charge in [0, 0.05) is 25.8 Å². The van der Waals surface area contributed by atoms with Gasteiger partial charge in [-0.25, -0.2) is 14.2 Å². The number of carbonyl (C=O) groups excluding carboxylic acids is 2. The molecule has 2 heterocycles. The molecule has 1 aromatic carbocycles. The second kappa shape index (κ2) is 10.9. The van der Waals surface area contributed by atoms with Crippen LogP contribution in [-0.4, -0.2) is 40.1 Å². The van der Waals surface area contributed by atoms with Gasteiger partial charge in [0.2, 0.25) is 6.29 Å². The normalized spacial score (nSPS) is 20.1. The first kappa shape index (κ1) is 23.4. The zero-order valence-corrected chi connectivity index (χ0v) is 18.0. The maximum atomic E-state index is 13.0. The molecule has 0 bridgehead atoms. The number of esters is 2. The molecule has 0 amide bonds. The highest BCUT2D eigenvalue weighted by atomic mass is 16.7. The Kier molecular flexibility index (Phi) is 7.96. The molecule has 0 radical (unpaired) electrons. The summed E-state index contributed by atoms with van der Waals surface area (Å²) in [5, 5.41) is 0. The summed E-state index contributed by atoms with van der Waals surface area (Å²) in [6.07, 6.45) is -0.0459. The molecule has 1 fully saturated rings. The molecule has 3 rings (SSSR count). The number of hydrogen-bond donors (Lipinski definition) is 0. The van der Waals surface area contributed by atoms with E-state index in [-0.39, 0.29) is 13.2 Å². The summed E-state index contributed by atoms with van der Waals surface area (Å²) in [5.74, 6) is -1.19. The fraction of sp³-hybridized carbons (Fsp3) is 0.455. The maximum Gasteiger partial charge on any atom is 0.338 e. The van der Waals surface area contributed by atoms with E-state index in [4.69, 9.17) is 18.9 Å². The zero-order chi connectivity index (χ0) is 23.1. The topological polar surface area (TPSA) is 115 Å². The van der Waals surface area contributed by atoms with Crippen LogP contribution >= 0.6 is 0 Å². The number of nitrogens with zero attached hydrogens (tertiary/aromatic N) is 2. The first-order chi connectivity index (χ1) is 15.4. The van der Waals surface area contributed by atoms with Crippen LogP contribution in [0, 0.1) is 0 Å². The predicted molar refractivity (Wildman–Crippen MR) is 112 cm³/mol. The average molecular weight is 446 g/mol. The minimum Gasteiger partial charge on any atom is -0.454 e. The minimum atomic E-state index is -1.10. The Morgan fingerprint density at radius 2 is 1.88 bits per heavy atom. The van der Waals surface area contributed by atoms with Crippen molar-refractivity contribution in [2.75, 3.05) is 6.61 Å². The highest BCUT2D eigenvalue weighted by Gasteiger charge is 2.41. The Morgan fingerprint density at radius 1 is 1.12 bits per heavy atom. The SMILES string of the molecule is CCCCOCn1c(=O)ccn([C@@H]2OC(OC(C)=O)C[C@@H]2OC(=O)c2ccccc2)c1=O. The van der Waals surface area contributed by atoms with E-state index in [1.54, 1.807) is 30.3 Å². The van der Waals surface area contributed by atoms with Crippen molar-refractivity contribution in [1.82, 2.24) is 9.13 Å². The van der Waals surface area contributed by atoms with Crippen molar-refractivity contribution in [2.24, 2.45) is 0 Å². The van der Waals surface area contributed by atoms with Crippen LogP contribution in [-0.2, 0) is 30.5 Å². The molecule has 1 aliphatic heterocycles. The third-order valence-electron chi connectivity index (χ3n) is 4.83. The number of hydrogen-bond acceptors (Lipinski definition) is 8. The van der Waals surface area contributed by atoms with E-state index in [0.29, 0.717) is 12.2 Å². The largest absolute Gasteiger partial charge is 0.454 e. The summed E-state index contributed by atoms with van der Waals surface area (Å²) in [5.41, 5.74) is -0.901. The van der Waals surface area contributed by atoms with Crippen molar-refractivity contribution in [3.05, 3.63) is 69.0 Å². The second-order valence-corrected chi connectivity index (χ2v) is 7.27. The van der Waals surface area contributed by atoms with Gasteiger partial charge in [0.15, 0.2) is 12.3 Å². The van der Waals surface area contributed by atoms with Gasteiger partial charge in [0.1, 0.15) is 6.73 Å². The Balaban J connectivity index is 1.86. The Labute approximate surface area is 184 Å². The number of rotatable bonds is 9. The lowest BCUT2D eigenvalue weighted by Crippen LogP contribution is -2.43. The van der Waals surface area contributed by atoms with Crippen LogP contribution < -0.4 is 11.2 Å². The van der Waals surface area contributed by atoms with Gasteiger partial charge in [0.25, 0.3) is 5.56 Å². The highest BCUT2D eigenvalue weighted by molar-refractivity contribution is 5.89. The molecule has 0 spiro atoms. The molecule has 3 atom stereocenters. The van der Waals surface area contributed by atoms with Crippen LogP contribution in [0.5, 0.6) is 0 Å². The van der Waals surface area contributed by atoms with Crippen LogP contribution in [0.3, 0.4) is 0 Å². The second-order valence-electron chi connectivity index (χ2n) is 7.27. The van der Waals surface area contributed by atoms with Crippen molar-refractivity contribution in [2.45, 2.75) is 58.5 Å². The molecule has 1 aliphatic rings. The monoisotopic (exact) mass is 446 g/mol. The molecule has 0 aliphatic carbocycles. The predicted octanol–water partition coefficient (Wildman–Crippen LogP) is 1.82. The summed E-state index contributed by atoms with van der Waals surface area (Å²) in [7, 11) is 0. The molecule has 2 aromatic rings. The first-order valence-electron chi connectivity index (χ1n) is 10.4. The van der Waals surface area contributed by atoms with Gasteiger partial charge in [-0.15, -0.1) is 0 Å². The van der Waals surface area contributed by atoms with E-state index >= 15 is 0 Å². The summed E-state index contributed by atoms with van der Waals surface area (Å²) >= 11 is 0. The molecule has 1 aromatic heterocycles. The average Bonchev–Trinajstić information content (AvgIpc) is 3.14. The summed E-state index contributed by atoms with van der Waals surface area (Å²) in [4.78, 5) is 49.1. The molecular formula is C22H26N2O8. The summed E-state index contributed by atoms with van der Waals surface area (Å²) in [6, 6.07) is 9.54. The van der Waals surface area contributed by atoms with Gasteiger partial charge in [-0.05, 0) is 18.6 Å². The Bertz CT molecular complexity index is 1050. The summed E-state index contributed by atoms with van der Waals surface area (Å²) < 4.78 is 23.9. The maximum absolute atomic E-state index is 13.0. The lowest BCUT2D eigenvalue weighted by atomic mass is 10.2. The fourth-order valence-electron chi connectivity index (χ4n) is 3.24. The van der Waals surface area contributed by atoms with Gasteiger partial charge in [-0.2, -0.15) is 0 Å². The third kappa shape index (κ3) is 5.71. The Morgan fingerprint density at radius 3 is 2.56 bits per heavy atom. The van der Waals surface area contributed by atoms with Crippen molar-refractivity contribution in [3.8, 4) is 0 Å². The fourth-order valence-corrected chi connectivity index (χ4v) is 3.24. The molecule has 1 saturated heterocycles. The van der Waals surface area contributed by atoms with E-state index in [2.05, 4.69) is 0 Å². The standard InChI is InChI=1S/C22H26N2O8/c1-3-4-12-29-14-24-18(26)10-11-23(22(24)28)20-17(13-19(32-20)30-15(2)25)31-21(27)16-8-6-5-7-9-16/h5-11,17,19-20H,3-4,12-14H2,1-2H3/t17-,19?,20+/m0/s1. The van der Waals surface area contributed by atoms with Crippen LogP contribution in [0.15, 0.2) is 52.2 Å². The number of unbranched alkanes of at least 4 members (excludes halogenated alkanes) is 1. The van der Waals surface area contributed by atoms with Gasteiger partial charge in [-0.1, -0.05) is 31.5 Å². The van der Waals surface area contributed by atoms with Crippen molar-refractivity contribution < 1.29 is 28.5 Å². The number of aromatic nitrogens is 2. The smallest absolute Gasteiger partial charge is 0.338 e. The van der Waals surface area contributed by atoms with E-state index < -0.39 is 41.8 Å². The van der Waals surface area contributed by atoms with E-state index in [0.717, 1.165) is 22.0 Å². The number of benzene rings is 1. The molecule has 32 heavy (non-hydrogen) atoms. The lowest BCUT2D eigenvalue weighted by Gasteiger charge is -2.21. The van der Waals surface area contributed by atoms with Gasteiger partial charge in [-0.3, -0.25) is 14.2 Å². The van der Waals surface area contributed by atoms with Crippen molar-refractivity contribution in [3.63, 3.8) is 0 Å². The number of ether oxygens (including phenoxy) is 4. The molecular weight excluding hydrogens is 420 g/mol. The molecule has 0 N–H and O–H groups in total. The zero-order valence-electron chi connectivity index (χ0n) is 18.0. The van der Waals surface area contributed by atoms with E-state index in [1.165, 1.54) is 19.2 Å². The number of carbonyl (C=O) groups is 2. The van der Waals surface area contributed by atoms with Crippen LogP contribution in [0.4, 0.5) is 0 Å². The van der Waals surface area contributed by atoms with E-state index in [9.17, 15) is 19.2 Å². The van der Waals surface area contributed by atoms with Crippen LogP contribution in [0.25, 0.3) is 0 Å². The van der Waals surface area contributed by atoms with Crippen LogP contribution in [0.1, 0.15) is 49.7 Å². The quantitative estimate of drug-likeness (QED) is 0.423. The minimum absolute atomic E-state index is 0.0292. The third-order valence-corrected chi connectivity index (χ3v) is 4.83. The molecule has 10 nitrogen and oxygen atoms in total. The Hall–Kier alpha value is -3.24. The molecule has 10 heteroatoms. The molecule has 0 saturated carbocycles. The van der Waals surface area contributed by atoms with Crippen LogP contribution in [0.2, 0.25) is 0 Å². The first-order valence-corrected chi connectivity index (χ1v) is 10.4. The van der Waals surface area contributed by atoms with E-state index in [1.807, 2.05) is 6.92 Å². The highest BCUT2D eigenvalue weighted by Crippen LogP contribution is 2.31.